The quantitative estimate of drug-likeness (QED) is 0.545. The second kappa shape index (κ2) is 10.1. The lowest BCUT2D eigenvalue weighted by atomic mass is 9.95. The summed E-state index contributed by atoms with van der Waals surface area (Å²) < 4.78 is 11.3. The molecule has 6 heteroatoms. The summed E-state index contributed by atoms with van der Waals surface area (Å²) in [5, 5.41) is 3.52. The van der Waals surface area contributed by atoms with Crippen LogP contribution in [0.2, 0.25) is 0 Å². The monoisotopic (exact) mass is 429 g/mol. The van der Waals surface area contributed by atoms with Crippen molar-refractivity contribution in [2.24, 2.45) is 0 Å². The fraction of sp³-hybridized carbons (Fsp3) is 0.500. The Bertz CT molecular complexity index is 905. The van der Waals surface area contributed by atoms with Gasteiger partial charge < -0.3 is 14.8 Å². The van der Waals surface area contributed by atoms with Gasteiger partial charge in [0, 0.05) is 4.88 Å². The van der Waals surface area contributed by atoms with E-state index in [2.05, 4.69) is 19.2 Å². The maximum atomic E-state index is 12.9. The molecule has 1 N–H and O–H groups in total. The molecule has 0 radical (unpaired) electrons. The van der Waals surface area contributed by atoms with Crippen molar-refractivity contribution >= 4 is 28.2 Å². The van der Waals surface area contributed by atoms with Crippen molar-refractivity contribution < 1.29 is 19.1 Å². The van der Waals surface area contributed by atoms with Crippen LogP contribution in [-0.4, -0.2) is 24.6 Å². The van der Waals surface area contributed by atoms with Crippen LogP contribution in [0.5, 0.6) is 5.75 Å². The van der Waals surface area contributed by atoms with Gasteiger partial charge in [0.2, 0.25) is 0 Å². The smallest absolute Gasteiger partial charge is 0.341 e. The number of nitrogens with one attached hydrogen (secondary N) is 1. The van der Waals surface area contributed by atoms with Crippen molar-refractivity contribution in [2.45, 2.75) is 71.8 Å². The minimum absolute atomic E-state index is 0.266. The highest BCUT2D eigenvalue weighted by Crippen LogP contribution is 2.39. The summed E-state index contributed by atoms with van der Waals surface area (Å²) >= 11 is 1.49. The molecule has 2 atom stereocenters. The summed E-state index contributed by atoms with van der Waals surface area (Å²) in [6.07, 6.45) is 4.25. The molecule has 1 amide bonds. The zero-order valence-electron chi connectivity index (χ0n) is 18.2. The third-order valence-corrected chi connectivity index (χ3v) is 6.83. The van der Waals surface area contributed by atoms with Crippen molar-refractivity contribution in [3.05, 3.63) is 45.8 Å². The second-order valence-corrected chi connectivity index (χ2v) is 8.84. The third-order valence-electron chi connectivity index (χ3n) is 5.62. The Morgan fingerprint density at radius 2 is 1.87 bits per heavy atom. The second-order valence-electron chi connectivity index (χ2n) is 7.73. The molecule has 0 fully saturated rings. The molecule has 1 aromatic heterocycles. The Morgan fingerprint density at radius 3 is 2.60 bits per heavy atom. The van der Waals surface area contributed by atoms with Gasteiger partial charge in [-0.2, -0.15) is 0 Å². The molecule has 0 spiro atoms. The van der Waals surface area contributed by atoms with E-state index in [9.17, 15) is 9.59 Å². The Labute approximate surface area is 182 Å². The molecule has 1 heterocycles. The number of hydrogen-bond donors (Lipinski definition) is 1. The number of rotatable bonds is 8. The van der Waals surface area contributed by atoms with Crippen molar-refractivity contribution in [2.75, 3.05) is 11.9 Å². The predicted octanol–water partition coefficient (Wildman–Crippen LogP) is 5.72. The number of anilines is 1. The lowest BCUT2D eigenvalue weighted by molar-refractivity contribution is -0.122. The number of ether oxygens (including phenoxy) is 2. The molecule has 1 aliphatic rings. The van der Waals surface area contributed by atoms with Gasteiger partial charge in [0.25, 0.3) is 5.91 Å². The number of carbonyl (C=O) groups is 2. The van der Waals surface area contributed by atoms with Crippen LogP contribution in [0.1, 0.15) is 79.2 Å². The average Bonchev–Trinajstić information content (AvgIpc) is 3.11. The normalized spacial score (nSPS) is 15.1. The molecule has 1 aromatic carbocycles. The number of amides is 1. The van der Waals surface area contributed by atoms with E-state index in [0.717, 1.165) is 49.0 Å². The van der Waals surface area contributed by atoms with E-state index in [-0.39, 0.29) is 11.9 Å². The fourth-order valence-corrected chi connectivity index (χ4v) is 5.03. The first-order valence-corrected chi connectivity index (χ1v) is 11.7. The van der Waals surface area contributed by atoms with E-state index in [4.69, 9.17) is 9.47 Å². The number of fused-ring (bicyclic) bond motifs is 1. The lowest BCUT2D eigenvalue weighted by Gasteiger charge is -2.19. The number of benzene rings is 1. The van der Waals surface area contributed by atoms with Crippen LogP contribution in [0, 0.1) is 0 Å². The summed E-state index contributed by atoms with van der Waals surface area (Å²) in [7, 11) is 0. The Hall–Kier alpha value is -2.34. The first-order valence-electron chi connectivity index (χ1n) is 10.8. The zero-order chi connectivity index (χ0) is 21.7. The van der Waals surface area contributed by atoms with Gasteiger partial charge in [-0.25, -0.2) is 4.79 Å². The van der Waals surface area contributed by atoms with Crippen LogP contribution in [0.15, 0.2) is 24.3 Å². The number of para-hydroxylation sites is 1. The minimum Gasteiger partial charge on any atom is -0.481 e. The van der Waals surface area contributed by atoms with Crippen LogP contribution >= 0.6 is 11.3 Å². The highest BCUT2D eigenvalue weighted by Gasteiger charge is 2.28. The molecular weight excluding hydrogens is 398 g/mol. The van der Waals surface area contributed by atoms with Gasteiger partial charge in [0.1, 0.15) is 10.8 Å². The van der Waals surface area contributed by atoms with Crippen LogP contribution in [-0.2, 0) is 22.4 Å². The van der Waals surface area contributed by atoms with Gasteiger partial charge in [-0.1, -0.05) is 32.0 Å². The molecule has 2 unspecified atom stereocenters. The van der Waals surface area contributed by atoms with Gasteiger partial charge in [0.05, 0.1) is 12.2 Å². The number of esters is 1. The van der Waals surface area contributed by atoms with Crippen LogP contribution in [0.25, 0.3) is 0 Å². The molecule has 0 saturated carbocycles. The van der Waals surface area contributed by atoms with E-state index < -0.39 is 6.10 Å². The Kier molecular flexibility index (Phi) is 7.53. The standard InChI is InChI=1S/C24H31NO4S/c1-5-15(3)17-11-7-9-13-19(17)29-16(4)22(26)25-23-21(24(27)28-6-2)18-12-8-10-14-20(18)30-23/h7,9,11,13,15-16H,5-6,8,10,12,14H2,1-4H3,(H,25,26). The van der Waals surface area contributed by atoms with Crippen molar-refractivity contribution in [1.29, 1.82) is 0 Å². The molecule has 3 rings (SSSR count). The summed E-state index contributed by atoms with van der Waals surface area (Å²) in [5.74, 6) is 0.447. The zero-order valence-corrected chi connectivity index (χ0v) is 19.1. The van der Waals surface area contributed by atoms with Crippen LogP contribution in [0.3, 0.4) is 0 Å². The van der Waals surface area contributed by atoms with E-state index >= 15 is 0 Å². The number of thiophene rings is 1. The van der Waals surface area contributed by atoms with Gasteiger partial charge in [0.15, 0.2) is 6.10 Å². The van der Waals surface area contributed by atoms with Crippen LogP contribution < -0.4 is 10.1 Å². The molecule has 0 saturated heterocycles. The number of carbonyl (C=O) groups excluding carboxylic acids is 2. The molecule has 0 bridgehead atoms. The lowest BCUT2D eigenvalue weighted by Crippen LogP contribution is -2.30. The largest absolute Gasteiger partial charge is 0.481 e. The molecule has 5 nitrogen and oxygen atoms in total. The van der Waals surface area contributed by atoms with E-state index in [1.165, 1.54) is 16.2 Å². The molecule has 0 aliphatic heterocycles. The first kappa shape index (κ1) is 22.3. The third kappa shape index (κ3) is 4.86. The maximum Gasteiger partial charge on any atom is 0.341 e. The summed E-state index contributed by atoms with van der Waals surface area (Å²) in [6.45, 7) is 8.12. The number of aryl methyl sites for hydroxylation is 1. The van der Waals surface area contributed by atoms with Crippen LogP contribution in [0.4, 0.5) is 5.00 Å². The maximum absolute atomic E-state index is 12.9. The summed E-state index contributed by atoms with van der Waals surface area (Å²) in [5.41, 5.74) is 2.66. The highest BCUT2D eigenvalue weighted by molar-refractivity contribution is 7.17. The Morgan fingerprint density at radius 1 is 1.13 bits per heavy atom. The molecule has 2 aromatic rings. The topological polar surface area (TPSA) is 64.6 Å². The molecular formula is C24H31NO4S. The van der Waals surface area contributed by atoms with E-state index in [1.54, 1.807) is 13.8 Å². The highest BCUT2D eigenvalue weighted by atomic mass is 32.1. The SMILES string of the molecule is CCOC(=O)c1c(NC(=O)C(C)Oc2ccccc2C(C)CC)sc2c1CCCC2. The molecule has 162 valence electrons. The Balaban J connectivity index is 1.79. The minimum atomic E-state index is -0.690. The fourth-order valence-electron chi connectivity index (χ4n) is 3.75. The van der Waals surface area contributed by atoms with Gasteiger partial charge in [-0.3, -0.25) is 4.79 Å². The van der Waals surface area contributed by atoms with Gasteiger partial charge in [-0.15, -0.1) is 11.3 Å². The molecule has 30 heavy (non-hydrogen) atoms. The van der Waals surface area contributed by atoms with Gasteiger partial charge in [-0.05, 0) is 69.1 Å². The summed E-state index contributed by atoms with van der Waals surface area (Å²) in [4.78, 5) is 26.7. The molecule has 1 aliphatic carbocycles. The van der Waals surface area contributed by atoms with Gasteiger partial charge >= 0.3 is 5.97 Å². The summed E-state index contributed by atoms with van der Waals surface area (Å²) in [6, 6.07) is 7.85. The van der Waals surface area contributed by atoms with Crippen molar-refractivity contribution in [3.8, 4) is 5.75 Å². The number of hydrogen-bond acceptors (Lipinski definition) is 5. The first-order chi connectivity index (χ1) is 14.5. The predicted molar refractivity (Wildman–Crippen MR) is 121 cm³/mol. The van der Waals surface area contributed by atoms with E-state index in [0.29, 0.717) is 23.1 Å². The van der Waals surface area contributed by atoms with Crippen molar-refractivity contribution in [1.82, 2.24) is 0 Å². The van der Waals surface area contributed by atoms with E-state index in [1.807, 2.05) is 24.3 Å². The van der Waals surface area contributed by atoms with Crippen molar-refractivity contribution in [3.63, 3.8) is 0 Å². The average molecular weight is 430 g/mol.